The predicted octanol–water partition coefficient (Wildman–Crippen LogP) is 3.83. The van der Waals surface area contributed by atoms with E-state index in [0.29, 0.717) is 10.0 Å². The van der Waals surface area contributed by atoms with E-state index in [2.05, 4.69) is 0 Å². The second kappa shape index (κ2) is 6.91. The number of hydrogen-bond donors (Lipinski definition) is 1. The molecule has 0 bridgehead atoms. The van der Waals surface area contributed by atoms with Crippen LogP contribution in [0.25, 0.3) is 0 Å². The van der Waals surface area contributed by atoms with Crippen molar-refractivity contribution in [3.63, 3.8) is 0 Å². The lowest BCUT2D eigenvalue weighted by Crippen LogP contribution is -2.29. The van der Waals surface area contributed by atoms with Crippen molar-refractivity contribution in [1.82, 2.24) is 4.72 Å². The average Bonchev–Trinajstić information content (AvgIpc) is 2.42. The zero-order valence-corrected chi connectivity index (χ0v) is 14.5. The van der Waals surface area contributed by atoms with Crippen LogP contribution >= 0.6 is 35.0 Å². The highest BCUT2D eigenvalue weighted by Crippen LogP contribution is 2.32. The summed E-state index contributed by atoms with van der Waals surface area (Å²) < 4.78 is 24.0. The summed E-state index contributed by atoms with van der Waals surface area (Å²) in [7, 11) is -3.57. The smallest absolute Gasteiger partial charge is 0.264 e. The van der Waals surface area contributed by atoms with Crippen LogP contribution in [0, 0.1) is 0 Å². The quantitative estimate of drug-likeness (QED) is 0.881. The van der Waals surface area contributed by atoms with Gasteiger partial charge in [0, 0.05) is 15.4 Å². The molecule has 2 aromatic rings. The van der Waals surface area contributed by atoms with Crippen molar-refractivity contribution in [2.75, 3.05) is 6.26 Å². The lowest BCUT2D eigenvalue weighted by atomic mass is 10.2. The largest absolute Gasteiger partial charge is 0.268 e. The van der Waals surface area contributed by atoms with Crippen LogP contribution in [-0.2, 0) is 10.0 Å². The van der Waals surface area contributed by atoms with Gasteiger partial charge in [0.1, 0.15) is 0 Å². The Morgan fingerprint density at radius 2 is 1.59 bits per heavy atom. The zero-order valence-electron chi connectivity index (χ0n) is 11.3. The van der Waals surface area contributed by atoms with Gasteiger partial charge in [-0.05, 0) is 42.5 Å². The molecule has 8 heteroatoms. The lowest BCUT2D eigenvalue weighted by molar-refractivity contribution is 0.0981. The molecule has 1 amide bonds. The molecule has 22 heavy (non-hydrogen) atoms. The zero-order chi connectivity index (χ0) is 16.3. The third kappa shape index (κ3) is 4.91. The number of sulfonamides is 1. The van der Waals surface area contributed by atoms with Crippen molar-refractivity contribution >= 4 is 50.9 Å². The Kier molecular flexibility index (Phi) is 5.39. The van der Waals surface area contributed by atoms with Crippen molar-refractivity contribution in [2.45, 2.75) is 9.79 Å². The van der Waals surface area contributed by atoms with Gasteiger partial charge in [0.15, 0.2) is 0 Å². The molecule has 0 saturated carbocycles. The van der Waals surface area contributed by atoms with Gasteiger partial charge in [-0.3, -0.25) is 4.79 Å². The third-order valence-corrected chi connectivity index (χ3v) is 4.81. The minimum absolute atomic E-state index is 0.268. The van der Waals surface area contributed by atoms with Crippen LogP contribution in [0.1, 0.15) is 10.4 Å². The molecule has 0 aliphatic carbocycles. The van der Waals surface area contributed by atoms with Gasteiger partial charge in [-0.1, -0.05) is 35.0 Å². The predicted molar refractivity (Wildman–Crippen MR) is 89.3 cm³/mol. The van der Waals surface area contributed by atoms with E-state index in [1.54, 1.807) is 36.4 Å². The number of carbonyl (C=O) groups excluding carboxylic acids is 1. The highest BCUT2D eigenvalue weighted by atomic mass is 35.5. The minimum atomic E-state index is -3.57. The monoisotopic (exact) mass is 375 g/mol. The Morgan fingerprint density at radius 1 is 1.00 bits per heavy atom. The van der Waals surface area contributed by atoms with Crippen LogP contribution < -0.4 is 4.72 Å². The maximum absolute atomic E-state index is 11.7. The first kappa shape index (κ1) is 17.1. The molecule has 2 aromatic carbocycles. The van der Waals surface area contributed by atoms with Crippen molar-refractivity contribution in [1.29, 1.82) is 0 Å². The number of nitrogens with one attached hydrogen (secondary N) is 1. The molecule has 0 aromatic heterocycles. The molecule has 0 fully saturated rings. The average molecular weight is 376 g/mol. The normalized spacial score (nSPS) is 11.2. The Labute approximate surface area is 142 Å². The first-order chi connectivity index (χ1) is 10.2. The second-order valence-electron chi connectivity index (χ2n) is 4.41. The molecule has 116 valence electrons. The van der Waals surface area contributed by atoms with E-state index in [1.807, 2.05) is 10.8 Å². The van der Waals surface area contributed by atoms with E-state index in [9.17, 15) is 13.2 Å². The summed E-state index contributed by atoms with van der Waals surface area (Å²) in [4.78, 5) is 13.5. The van der Waals surface area contributed by atoms with Gasteiger partial charge in [0.25, 0.3) is 5.91 Å². The molecule has 0 unspecified atom stereocenters. The van der Waals surface area contributed by atoms with Gasteiger partial charge in [-0.2, -0.15) is 0 Å². The Hall–Kier alpha value is -1.21. The fraction of sp³-hybridized carbons (Fsp3) is 0.0714. The maximum atomic E-state index is 11.7. The van der Waals surface area contributed by atoms with Gasteiger partial charge in [-0.25, -0.2) is 13.1 Å². The summed E-state index contributed by atoms with van der Waals surface area (Å²) in [5.41, 5.74) is 0.268. The van der Waals surface area contributed by atoms with Gasteiger partial charge in [-0.15, -0.1) is 0 Å². The highest BCUT2D eigenvalue weighted by molar-refractivity contribution is 7.99. The molecule has 0 atom stereocenters. The molecule has 0 saturated heterocycles. The molecule has 0 aliphatic heterocycles. The van der Waals surface area contributed by atoms with Crippen molar-refractivity contribution in [2.24, 2.45) is 0 Å². The van der Waals surface area contributed by atoms with Crippen molar-refractivity contribution in [3.05, 3.63) is 58.1 Å². The third-order valence-electron chi connectivity index (χ3n) is 2.52. The Morgan fingerprint density at radius 3 is 2.14 bits per heavy atom. The van der Waals surface area contributed by atoms with E-state index in [-0.39, 0.29) is 5.56 Å². The molecular weight excluding hydrogens is 365 g/mol. The van der Waals surface area contributed by atoms with Crippen LogP contribution in [0.4, 0.5) is 0 Å². The molecule has 4 nitrogen and oxygen atoms in total. The first-order valence-corrected chi connectivity index (χ1v) is 9.46. The van der Waals surface area contributed by atoms with E-state index >= 15 is 0 Å². The summed E-state index contributed by atoms with van der Waals surface area (Å²) >= 11 is 13.3. The minimum Gasteiger partial charge on any atom is -0.268 e. The van der Waals surface area contributed by atoms with Gasteiger partial charge in [0.05, 0.1) is 16.3 Å². The van der Waals surface area contributed by atoms with Crippen LogP contribution in [0.5, 0.6) is 0 Å². The fourth-order valence-corrected chi connectivity index (χ4v) is 3.25. The topological polar surface area (TPSA) is 63.2 Å². The van der Waals surface area contributed by atoms with Crippen LogP contribution in [0.2, 0.25) is 10.0 Å². The Balaban J connectivity index is 2.12. The van der Waals surface area contributed by atoms with E-state index < -0.39 is 15.9 Å². The number of halogens is 2. The first-order valence-electron chi connectivity index (χ1n) is 6.00. The summed E-state index contributed by atoms with van der Waals surface area (Å²) in [6, 6.07) is 11.9. The van der Waals surface area contributed by atoms with Gasteiger partial charge < -0.3 is 0 Å². The molecular formula is C14H11Cl2NO3S2. The summed E-state index contributed by atoms with van der Waals surface area (Å²) in [6.45, 7) is 0. The van der Waals surface area contributed by atoms with Gasteiger partial charge >= 0.3 is 0 Å². The summed E-state index contributed by atoms with van der Waals surface area (Å²) in [5, 5.41) is 0.953. The maximum Gasteiger partial charge on any atom is 0.264 e. The highest BCUT2D eigenvalue weighted by Gasteiger charge is 2.11. The second-order valence-corrected chi connectivity index (χ2v) is 8.12. The molecule has 1 N–H and O–H groups in total. The van der Waals surface area contributed by atoms with Crippen molar-refractivity contribution < 1.29 is 13.2 Å². The van der Waals surface area contributed by atoms with Crippen LogP contribution in [0.3, 0.4) is 0 Å². The number of amides is 1. The fourth-order valence-electron chi connectivity index (χ4n) is 1.58. The number of carbonyl (C=O) groups is 1. The number of benzene rings is 2. The van der Waals surface area contributed by atoms with Crippen LogP contribution in [0.15, 0.2) is 52.3 Å². The van der Waals surface area contributed by atoms with E-state index in [4.69, 9.17) is 23.2 Å². The van der Waals surface area contributed by atoms with Crippen molar-refractivity contribution in [3.8, 4) is 0 Å². The molecule has 0 heterocycles. The number of hydrogen-bond acceptors (Lipinski definition) is 4. The van der Waals surface area contributed by atoms with E-state index in [0.717, 1.165) is 16.0 Å². The standard InChI is InChI=1S/C14H11Cl2NO3S2/c1-22(19,20)17-14(18)9-2-4-10(5-3-9)21-11-6-7-12(15)13(16)8-11/h2-8H,1H3,(H,17,18). The summed E-state index contributed by atoms with van der Waals surface area (Å²) in [5.74, 6) is -0.659. The molecule has 0 aliphatic rings. The van der Waals surface area contributed by atoms with Crippen LogP contribution in [-0.4, -0.2) is 20.6 Å². The number of rotatable bonds is 4. The SMILES string of the molecule is CS(=O)(=O)NC(=O)c1ccc(Sc2ccc(Cl)c(Cl)c2)cc1. The molecule has 0 radical (unpaired) electrons. The lowest BCUT2D eigenvalue weighted by Gasteiger charge is -2.05. The van der Waals surface area contributed by atoms with E-state index in [1.165, 1.54) is 11.8 Å². The summed E-state index contributed by atoms with van der Waals surface area (Å²) in [6.07, 6.45) is 0.930. The molecule has 0 spiro atoms. The molecule has 2 rings (SSSR count). The van der Waals surface area contributed by atoms with Gasteiger partial charge in [0.2, 0.25) is 10.0 Å². The Bertz CT molecular complexity index is 805.